The first-order valence-corrected chi connectivity index (χ1v) is 6.04. The molecular weight excluding hydrogens is 236 g/mol. The topological polar surface area (TPSA) is 95.5 Å². The maximum Gasteiger partial charge on any atom is 0.316 e. The van der Waals surface area contributed by atoms with Gasteiger partial charge < -0.3 is 15.7 Å². The lowest BCUT2D eigenvalue weighted by Gasteiger charge is -2.29. The van der Waals surface area contributed by atoms with Crippen LogP contribution in [0.15, 0.2) is 0 Å². The summed E-state index contributed by atoms with van der Waals surface area (Å²) >= 11 is 0. The van der Waals surface area contributed by atoms with Gasteiger partial charge in [-0.15, -0.1) is 0 Å². The highest BCUT2D eigenvalue weighted by Gasteiger charge is 2.39. The highest BCUT2D eigenvalue weighted by molar-refractivity contribution is 5.99. The van der Waals surface area contributed by atoms with Crippen molar-refractivity contribution in [1.29, 1.82) is 0 Å². The molecule has 6 nitrogen and oxygen atoms in total. The number of aliphatic carboxylic acids is 1. The minimum atomic E-state index is -1.17. The van der Waals surface area contributed by atoms with Crippen molar-refractivity contribution >= 4 is 17.8 Å². The summed E-state index contributed by atoms with van der Waals surface area (Å²) < 4.78 is 0. The van der Waals surface area contributed by atoms with Crippen LogP contribution in [0.5, 0.6) is 0 Å². The number of carbonyl (C=O) groups excluding carboxylic acids is 2. The van der Waals surface area contributed by atoms with Crippen LogP contribution in [0.1, 0.15) is 33.6 Å². The van der Waals surface area contributed by atoms with Crippen molar-refractivity contribution in [3.05, 3.63) is 0 Å². The van der Waals surface area contributed by atoms with Crippen LogP contribution < -0.4 is 10.6 Å². The van der Waals surface area contributed by atoms with Gasteiger partial charge in [-0.05, 0) is 18.3 Å². The maximum absolute atomic E-state index is 12.0. The van der Waals surface area contributed by atoms with Crippen LogP contribution in [0.4, 0.5) is 0 Å². The normalized spacial score (nSPS) is 21.9. The van der Waals surface area contributed by atoms with Crippen LogP contribution in [-0.4, -0.2) is 35.5 Å². The molecule has 0 aromatic rings. The number of hydrogen-bond acceptors (Lipinski definition) is 3. The quantitative estimate of drug-likeness (QED) is 0.625. The number of carbonyl (C=O) groups is 3. The first-order chi connectivity index (χ1) is 8.23. The Kier molecular flexibility index (Phi) is 4.32. The van der Waals surface area contributed by atoms with Crippen molar-refractivity contribution < 1.29 is 19.5 Å². The van der Waals surface area contributed by atoms with Gasteiger partial charge in [0.1, 0.15) is 12.0 Å². The highest BCUT2D eigenvalue weighted by Crippen LogP contribution is 2.26. The first-order valence-electron chi connectivity index (χ1n) is 6.04. The number of carboxylic acids is 1. The molecule has 1 rings (SSSR count). The largest absolute Gasteiger partial charge is 0.481 e. The molecule has 3 N–H and O–H groups in total. The zero-order valence-electron chi connectivity index (χ0n) is 10.9. The summed E-state index contributed by atoms with van der Waals surface area (Å²) in [7, 11) is 0. The fourth-order valence-corrected chi connectivity index (χ4v) is 2.04. The van der Waals surface area contributed by atoms with E-state index in [0.717, 1.165) is 6.42 Å². The Morgan fingerprint density at radius 3 is 2.50 bits per heavy atom. The molecule has 2 amide bonds. The summed E-state index contributed by atoms with van der Waals surface area (Å²) in [6.45, 7) is 5.66. The fourth-order valence-electron chi connectivity index (χ4n) is 2.04. The molecule has 0 aromatic heterocycles. The molecule has 102 valence electrons. The van der Waals surface area contributed by atoms with Gasteiger partial charge in [0.2, 0.25) is 11.8 Å². The third-order valence-electron chi connectivity index (χ3n) is 2.98. The van der Waals surface area contributed by atoms with Crippen LogP contribution in [-0.2, 0) is 14.4 Å². The molecule has 1 heterocycles. The van der Waals surface area contributed by atoms with E-state index in [0.29, 0.717) is 13.0 Å². The van der Waals surface area contributed by atoms with E-state index in [2.05, 4.69) is 10.6 Å². The minimum absolute atomic E-state index is 0.243. The van der Waals surface area contributed by atoms with Crippen molar-refractivity contribution in [3.63, 3.8) is 0 Å². The van der Waals surface area contributed by atoms with E-state index in [1.165, 1.54) is 0 Å². The predicted octanol–water partition coefficient (Wildman–Crippen LogP) is 0.128. The molecule has 1 fully saturated rings. The fraction of sp³-hybridized carbons (Fsp3) is 0.750. The molecule has 1 saturated heterocycles. The second kappa shape index (κ2) is 5.37. The number of piperidine rings is 1. The van der Waals surface area contributed by atoms with Crippen LogP contribution in [0.3, 0.4) is 0 Å². The average molecular weight is 256 g/mol. The number of carboxylic acid groups (broad SMARTS) is 1. The standard InChI is InChI=1S/C12H20N2O4/c1-12(2,3)8(11(17)18)10(16)14-7-5-4-6-13-9(7)15/h7-8H,4-6H2,1-3H3,(H,13,15)(H,14,16)(H,17,18). The molecule has 2 unspecified atom stereocenters. The lowest BCUT2D eigenvalue weighted by atomic mass is 9.80. The second-order valence-electron chi connectivity index (χ2n) is 5.63. The SMILES string of the molecule is CC(C)(C)C(C(=O)O)C(=O)NC1CCCNC1=O. The van der Waals surface area contributed by atoms with Crippen molar-refractivity contribution in [2.75, 3.05) is 6.54 Å². The maximum atomic E-state index is 12.0. The Hall–Kier alpha value is -1.59. The Bertz CT molecular complexity index is 360. The smallest absolute Gasteiger partial charge is 0.316 e. The summed E-state index contributed by atoms with van der Waals surface area (Å²) in [5, 5.41) is 14.3. The molecule has 0 aromatic carbocycles. The number of rotatable bonds is 3. The summed E-state index contributed by atoms with van der Waals surface area (Å²) in [5.74, 6) is -3.17. The van der Waals surface area contributed by atoms with Gasteiger partial charge in [0.25, 0.3) is 0 Å². The monoisotopic (exact) mass is 256 g/mol. The Morgan fingerprint density at radius 2 is 2.06 bits per heavy atom. The van der Waals surface area contributed by atoms with Crippen LogP contribution in [0.2, 0.25) is 0 Å². The van der Waals surface area contributed by atoms with Gasteiger partial charge in [0, 0.05) is 6.54 Å². The lowest BCUT2D eigenvalue weighted by molar-refractivity contribution is -0.152. The van der Waals surface area contributed by atoms with Crippen molar-refractivity contribution in [1.82, 2.24) is 10.6 Å². The summed E-state index contributed by atoms with van der Waals surface area (Å²) in [6.07, 6.45) is 1.33. The first kappa shape index (κ1) is 14.5. The second-order valence-corrected chi connectivity index (χ2v) is 5.63. The van der Waals surface area contributed by atoms with Gasteiger partial charge in [0.15, 0.2) is 0 Å². The van der Waals surface area contributed by atoms with E-state index in [1.54, 1.807) is 20.8 Å². The Labute approximate surface area is 106 Å². The van der Waals surface area contributed by atoms with Crippen LogP contribution in [0, 0.1) is 11.3 Å². The van der Waals surface area contributed by atoms with E-state index < -0.39 is 29.3 Å². The molecule has 0 saturated carbocycles. The van der Waals surface area contributed by atoms with E-state index in [1.807, 2.05) is 0 Å². The summed E-state index contributed by atoms with van der Waals surface area (Å²) in [4.78, 5) is 34.6. The zero-order valence-corrected chi connectivity index (χ0v) is 10.9. The molecule has 0 aliphatic carbocycles. The predicted molar refractivity (Wildman–Crippen MR) is 64.8 cm³/mol. The third kappa shape index (κ3) is 3.45. The van der Waals surface area contributed by atoms with E-state index in [-0.39, 0.29) is 5.91 Å². The van der Waals surface area contributed by atoms with Gasteiger partial charge in [-0.25, -0.2) is 0 Å². The minimum Gasteiger partial charge on any atom is -0.481 e. The molecule has 18 heavy (non-hydrogen) atoms. The van der Waals surface area contributed by atoms with Crippen molar-refractivity contribution in [3.8, 4) is 0 Å². The molecule has 6 heteroatoms. The van der Waals surface area contributed by atoms with E-state index in [4.69, 9.17) is 5.11 Å². The molecule has 1 aliphatic rings. The van der Waals surface area contributed by atoms with Crippen molar-refractivity contribution in [2.45, 2.75) is 39.7 Å². The van der Waals surface area contributed by atoms with Gasteiger partial charge in [-0.1, -0.05) is 20.8 Å². The molecule has 1 aliphatic heterocycles. The Balaban J connectivity index is 2.73. The van der Waals surface area contributed by atoms with Gasteiger partial charge in [-0.3, -0.25) is 14.4 Å². The number of hydrogen-bond donors (Lipinski definition) is 3. The van der Waals surface area contributed by atoms with Crippen LogP contribution in [0.25, 0.3) is 0 Å². The van der Waals surface area contributed by atoms with Gasteiger partial charge in [-0.2, -0.15) is 0 Å². The molecular formula is C12H20N2O4. The van der Waals surface area contributed by atoms with Gasteiger partial charge >= 0.3 is 5.97 Å². The molecule has 0 radical (unpaired) electrons. The summed E-state index contributed by atoms with van der Waals surface area (Å²) in [5.41, 5.74) is -0.693. The van der Waals surface area contributed by atoms with E-state index >= 15 is 0 Å². The molecule has 2 atom stereocenters. The zero-order chi connectivity index (χ0) is 13.9. The van der Waals surface area contributed by atoms with Crippen molar-refractivity contribution in [2.24, 2.45) is 11.3 Å². The van der Waals surface area contributed by atoms with E-state index in [9.17, 15) is 14.4 Å². The number of amides is 2. The molecule has 0 spiro atoms. The third-order valence-corrected chi connectivity index (χ3v) is 2.98. The average Bonchev–Trinajstić information content (AvgIpc) is 2.18. The van der Waals surface area contributed by atoms with Crippen LogP contribution >= 0.6 is 0 Å². The Morgan fingerprint density at radius 1 is 1.44 bits per heavy atom. The highest BCUT2D eigenvalue weighted by atomic mass is 16.4. The molecule has 0 bridgehead atoms. The lowest BCUT2D eigenvalue weighted by Crippen LogP contribution is -2.54. The van der Waals surface area contributed by atoms with Gasteiger partial charge in [0.05, 0.1) is 0 Å². The summed E-state index contributed by atoms with van der Waals surface area (Å²) in [6, 6.07) is -0.615. The number of nitrogens with one attached hydrogen (secondary N) is 2.